The van der Waals surface area contributed by atoms with E-state index >= 15 is 0 Å². The molecule has 10 heteroatoms. The lowest BCUT2D eigenvalue weighted by atomic mass is 10.2. The van der Waals surface area contributed by atoms with Gasteiger partial charge in [-0.25, -0.2) is 19.9 Å². The number of para-hydroxylation sites is 4. The Labute approximate surface area is 268 Å². The molecule has 0 amide bonds. The molecule has 2 N–H and O–H groups in total. The number of fused-ring (bicyclic) bond motifs is 2. The van der Waals surface area contributed by atoms with Crippen LogP contribution in [0.1, 0.15) is 22.8 Å². The molecule has 1 aromatic heterocycles. The molecule has 0 aliphatic heterocycles. The van der Waals surface area contributed by atoms with Crippen LogP contribution in [0, 0.1) is 27.7 Å². The summed E-state index contributed by atoms with van der Waals surface area (Å²) in [6, 6.07) is 30.4. The molecule has 10 nitrogen and oxygen atoms in total. The van der Waals surface area contributed by atoms with Crippen LogP contribution in [0.2, 0.25) is 0 Å². The number of nitrogens with zero attached hydrogens (tertiary/aromatic N) is 6. The van der Waals surface area contributed by atoms with Crippen LogP contribution in [0.4, 0.5) is 22.7 Å². The van der Waals surface area contributed by atoms with Crippen molar-refractivity contribution in [1.29, 1.82) is 0 Å². The van der Waals surface area contributed by atoms with Crippen molar-refractivity contribution in [2.24, 2.45) is 10.2 Å². The summed E-state index contributed by atoms with van der Waals surface area (Å²) in [4.78, 5) is 20.0. The molecule has 232 valence electrons. The van der Waals surface area contributed by atoms with Gasteiger partial charge in [0.1, 0.15) is 17.2 Å². The Morgan fingerprint density at radius 3 is 1.33 bits per heavy atom. The summed E-state index contributed by atoms with van der Waals surface area (Å²) >= 11 is 0. The van der Waals surface area contributed by atoms with Crippen LogP contribution < -0.4 is 20.3 Å². The molecule has 4 aromatic carbocycles. The number of hydrogen-bond acceptors (Lipinski definition) is 10. The maximum Gasteiger partial charge on any atom is 0.128 e. The van der Waals surface area contributed by atoms with Crippen molar-refractivity contribution in [3.05, 3.63) is 120 Å². The molecule has 0 unspecified atom stereocenters. The second kappa shape index (κ2) is 14.7. The highest BCUT2D eigenvalue weighted by molar-refractivity contribution is 5.76. The van der Waals surface area contributed by atoms with Crippen molar-refractivity contribution in [3.8, 4) is 11.5 Å². The van der Waals surface area contributed by atoms with E-state index in [0.717, 1.165) is 17.2 Å². The standard InChI is InChI=1S/C36H36N8O2/c1-23-35(43-41-27-15-19-29(45-5)20-16-27)24(2)38-33-13-9-10-14-34(33)40-26(4)36(44-42-28-17-21-30(46-6)22-18-28)25(3)39-32-12-8-7-11-31(32)37-23/h7-22,41,43H,1-6H3. The SMILES string of the molecule is COc1ccc(N=Nc2c(C)nc3ccccc3nc(C)c(NNc3ccc(OC)cc3)c(C)nc3ccccc3nc2C)cc1. The van der Waals surface area contributed by atoms with Crippen molar-refractivity contribution in [2.75, 3.05) is 25.1 Å². The van der Waals surface area contributed by atoms with Crippen LogP contribution in [0.15, 0.2) is 107 Å². The zero-order valence-corrected chi connectivity index (χ0v) is 26.7. The van der Waals surface area contributed by atoms with Gasteiger partial charge in [-0.15, -0.1) is 5.11 Å². The van der Waals surface area contributed by atoms with Crippen LogP contribution >= 0.6 is 0 Å². The number of aryl methyl sites for hydroxylation is 4. The number of anilines is 2. The summed E-state index contributed by atoms with van der Waals surface area (Å²) in [7, 11) is 3.27. The van der Waals surface area contributed by atoms with Gasteiger partial charge in [0, 0.05) is 0 Å². The number of methoxy groups -OCH3 is 2. The number of hydrazine groups is 1. The van der Waals surface area contributed by atoms with E-state index in [1.165, 1.54) is 0 Å². The van der Waals surface area contributed by atoms with E-state index in [0.29, 0.717) is 61.9 Å². The number of rotatable bonds is 7. The van der Waals surface area contributed by atoms with Gasteiger partial charge in [0.05, 0.1) is 76.1 Å². The zero-order chi connectivity index (χ0) is 32.5. The summed E-state index contributed by atoms with van der Waals surface area (Å²) < 4.78 is 10.6. The monoisotopic (exact) mass is 612 g/mol. The highest BCUT2D eigenvalue weighted by atomic mass is 16.5. The summed E-state index contributed by atoms with van der Waals surface area (Å²) in [5, 5.41) is 9.13. The van der Waals surface area contributed by atoms with Crippen molar-refractivity contribution in [2.45, 2.75) is 27.7 Å². The molecule has 46 heavy (non-hydrogen) atoms. The summed E-state index contributed by atoms with van der Waals surface area (Å²) in [6.45, 7) is 7.66. The smallest absolute Gasteiger partial charge is 0.128 e. The second-order valence-electron chi connectivity index (χ2n) is 10.4. The van der Waals surface area contributed by atoms with Gasteiger partial charge in [0.25, 0.3) is 0 Å². The molecular formula is C36H36N8O2. The fraction of sp³-hybridized carbons (Fsp3) is 0.167. The van der Waals surface area contributed by atoms with Crippen LogP contribution in [0.3, 0.4) is 0 Å². The molecule has 0 atom stereocenters. The molecule has 0 fully saturated rings. The maximum absolute atomic E-state index is 5.30. The van der Waals surface area contributed by atoms with E-state index in [1.54, 1.807) is 14.2 Å². The summed E-state index contributed by atoms with van der Waals surface area (Å²) in [5.41, 5.74) is 14.8. The summed E-state index contributed by atoms with van der Waals surface area (Å²) in [6.07, 6.45) is 0. The van der Waals surface area contributed by atoms with Crippen molar-refractivity contribution < 1.29 is 9.47 Å². The third-order valence-corrected chi connectivity index (χ3v) is 7.08. The lowest BCUT2D eigenvalue weighted by molar-refractivity contribution is 0.415. The molecule has 0 aliphatic rings. The molecule has 5 rings (SSSR count). The normalized spacial score (nSPS) is 10.7. The van der Waals surface area contributed by atoms with Gasteiger partial charge in [-0.3, -0.25) is 5.43 Å². The van der Waals surface area contributed by atoms with E-state index in [-0.39, 0.29) is 0 Å². The Morgan fingerprint density at radius 2 is 0.891 bits per heavy atom. The third kappa shape index (κ3) is 7.78. The van der Waals surface area contributed by atoms with Gasteiger partial charge in [0.2, 0.25) is 0 Å². The van der Waals surface area contributed by atoms with Crippen molar-refractivity contribution in [1.82, 2.24) is 19.9 Å². The number of hydrogen-bond donors (Lipinski definition) is 2. The molecule has 0 radical (unpaired) electrons. The van der Waals surface area contributed by atoms with Gasteiger partial charge >= 0.3 is 0 Å². The van der Waals surface area contributed by atoms with E-state index in [2.05, 4.69) is 21.1 Å². The Kier molecular flexibility index (Phi) is 10.1. The van der Waals surface area contributed by atoms with Gasteiger partial charge in [-0.05, 0) is 100 Å². The fourth-order valence-electron chi connectivity index (χ4n) is 4.66. The number of nitrogens with one attached hydrogen (secondary N) is 2. The van der Waals surface area contributed by atoms with Gasteiger partial charge in [-0.2, -0.15) is 5.11 Å². The number of benzene rings is 4. The molecular weight excluding hydrogens is 576 g/mol. The lowest BCUT2D eigenvalue weighted by Gasteiger charge is -2.13. The van der Waals surface area contributed by atoms with Gasteiger partial charge < -0.3 is 14.9 Å². The largest absolute Gasteiger partial charge is 0.497 e. The Hall–Kier alpha value is -5.90. The highest BCUT2D eigenvalue weighted by Gasteiger charge is 2.07. The second-order valence-corrected chi connectivity index (χ2v) is 10.4. The molecule has 0 bridgehead atoms. The predicted molar refractivity (Wildman–Crippen MR) is 184 cm³/mol. The van der Waals surface area contributed by atoms with Crippen LogP contribution in [-0.2, 0) is 0 Å². The molecule has 1 heterocycles. The average molecular weight is 613 g/mol. The molecule has 5 aromatic rings. The topological polar surface area (TPSA) is 119 Å². The Balaban J connectivity index is 1.75. The van der Waals surface area contributed by atoms with Crippen molar-refractivity contribution in [3.63, 3.8) is 0 Å². The molecule has 0 spiro atoms. The fourth-order valence-corrected chi connectivity index (χ4v) is 4.66. The predicted octanol–water partition coefficient (Wildman–Crippen LogP) is 8.93. The quantitative estimate of drug-likeness (QED) is 0.138. The highest BCUT2D eigenvalue weighted by Crippen LogP contribution is 2.25. The first-order valence-corrected chi connectivity index (χ1v) is 14.7. The first-order valence-electron chi connectivity index (χ1n) is 14.7. The molecule has 0 saturated heterocycles. The van der Waals surface area contributed by atoms with E-state index in [1.807, 2.05) is 125 Å². The Morgan fingerprint density at radius 1 is 0.478 bits per heavy atom. The van der Waals surface area contributed by atoms with E-state index in [4.69, 9.17) is 29.4 Å². The zero-order valence-electron chi connectivity index (χ0n) is 26.7. The van der Waals surface area contributed by atoms with Gasteiger partial charge in [0.15, 0.2) is 0 Å². The lowest BCUT2D eigenvalue weighted by Crippen LogP contribution is -2.11. The third-order valence-electron chi connectivity index (χ3n) is 7.08. The first-order chi connectivity index (χ1) is 22.3. The minimum atomic E-state index is 0.538. The molecule has 0 saturated carbocycles. The van der Waals surface area contributed by atoms with Gasteiger partial charge in [-0.1, -0.05) is 24.3 Å². The van der Waals surface area contributed by atoms with Crippen LogP contribution in [0.25, 0.3) is 22.1 Å². The minimum absolute atomic E-state index is 0.538. The number of ether oxygens (including phenoxy) is 2. The van der Waals surface area contributed by atoms with E-state index < -0.39 is 0 Å². The molecule has 0 aliphatic carbocycles. The van der Waals surface area contributed by atoms with Crippen LogP contribution in [-0.4, -0.2) is 34.2 Å². The van der Waals surface area contributed by atoms with Crippen molar-refractivity contribution >= 4 is 44.8 Å². The van der Waals surface area contributed by atoms with Crippen LogP contribution in [0.5, 0.6) is 11.5 Å². The Bertz CT molecular complexity index is 1920. The number of azo groups is 1. The first kappa shape index (κ1) is 31.5. The maximum atomic E-state index is 5.30. The van der Waals surface area contributed by atoms with E-state index in [9.17, 15) is 0 Å². The minimum Gasteiger partial charge on any atom is -0.497 e. The number of aromatic nitrogens is 4. The average Bonchev–Trinajstić information content (AvgIpc) is 3.07. The summed E-state index contributed by atoms with van der Waals surface area (Å²) in [5.74, 6) is 1.52.